The smallest absolute Gasteiger partial charge is 0.283 e. The van der Waals surface area contributed by atoms with Gasteiger partial charge in [-0.1, -0.05) is 29.5 Å². The molecule has 2 aromatic heterocycles. The molecule has 0 saturated carbocycles. The first kappa shape index (κ1) is 17.8. The molecule has 4 aromatic rings. The Morgan fingerprint density at radius 3 is 2.55 bits per heavy atom. The SMILES string of the molecule is Cc1nn2c(=O)c3ccc(C(=O)N4CCN(c5ccccc5)CC4)cc3nc2s1. The van der Waals surface area contributed by atoms with Gasteiger partial charge in [0.25, 0.3) is 11.5 Å². The van der Waals surface area contributed by atoms with Gasteiger partial charge in [-0.25, -0.2) is 4.98 Å². The molecule has 0 N–H and O–H groups in total. The third kappa shape index (κ3) is 3.15. The number of hydrogen-bond acceptors (Lipinski definition) is 6. The number of fused-ring (bicyclic) bond motifs is 2. The first-order chi connectivity index (χ1) is 14.1. The molecule has 0 atom stereocenters. The Hall–Kier alpha value is -3.26. The van der Waals surface area contributed by atoms with Crippen molar-refractivity contribution in [3.8, 4) is 0 Å². The van der Waals surface area contributed by atoms with E-state index in [0.717, 1.165) is 18.1 Å². The van der Waals surface area contributed by atoms with E-state index in [1.165, 1.54) is 21.5 Å². The normalized spacial score (nSPS) is 14.7. The quantitative estimate of drug-likeness (QED) is 0.513. The second-order valence-electron chi connectivity index (χ2n) is 7.08. The van der Waals surface area contributed by atoms with Crippen LogP contribution in [0.25, 0.3) is 15.9 Å². The minimum absolute atomic E-state index is 0.0258. The Morgan fingerprint density at radius 1 is 1.03 bits per heavy atom. The minimum Gasteiger partial charge on any atom is -0.368 e. The molecular formula is C21H19N5O2S. The van der Waals surface area contributed by atoms with E-state index < -0.39 is 0 Å². The molecule has 1 saturated heterocycles. The van der Waals surface area contributed by atoms with Crippen molar-refractivity contribution in [3.63, 3.8) is 0 Å². The number of benzene rings is 2. The summed E-state index contributed by atoms with van der Waals surface area (Å²) >= 11 is 1.36. The summed E-state index contributed by atoms with van der Waals surface area (Å²) in [7, 11) is 0. The van der Waals surface area contributed by atoms with Crippen molar-refractivity contribution in [2.45, 2.75) is 6.92 Å². The van der Waals surface area contributed by atoms with Crippen molar-refractivity contribution >= 4 is 38.8 Å². The van der Waals surface area contributed by atoms with Gasteiger partial charge in [-0.2, -0.15) is 9.61 Å². The maximum atomic E-state index is 13.0. The van der Waals surface area contributed by atoms with Gasteiger partial charge < -0.3 is 9.80 Å². The van der Waals surface area contributed by atoms with Gasteiger partial charge in [-0.05, 0) is 37.3 Å². The molecule has 7 nitrogen and oxygen atoms in total. The average molecular weight is 405 g/mol. The standard InChI is InChI=1S/C21H19N5O2S/c1-14-23-26-20(28)17-8-7-15(13-18(17)22-21(26)29-14)19(27)25-11-9-24(10-12-25)16-5-3-2-4-6-16/h2-8,13H,9-12H2,1H3. The molecule has 0 aliphatic carbocycles. The summed E-state index contributed by atoms with van der Waals surface area (Å²) in [4.78, 5) is 34.9. The highest BCUT2D eigenvalue weighted by Crippen LogP contribution is 2.19. The lowest BCUT2D eigenvalue weighted by molar-refractivity contribution is 0.0747. The zero-order valence-electron chi connectivity index (χ0n) is 15.9. The first-order valence-corrected chi connectivity index (χ1v) is 10.3. The number of nitrogens with zero attached hydrogens (tertiary/aromatic N) is 5. The molecule has 0 unspecified atom stereocenters. The van der Waals surface area contributed by atoms with Crippen LogP contribution >= 0.6 is 11.3 Å². The second-order valence-corrected chi connectivity index (χ2v) is 8.24. The molecule has 29 heavy (non-hydrogen) atoms. The summed E-state index contributed by atoms with van der Waals surface area (Å²) < 4.78 is 1.33. The highest BCUT2D eigenvalue weighted by molar-refractivity contribution is 7.16. The molecule has 146 valence electrons. The first-order valence-electron chi connectivity index (χ1n) is 9.50. The van der Waals surface area contributed by atoms with E-state index in [2.05, 4.69) is 27.1 Å². The molecule has 1 fully saturated rings. The zero-order valence-corrected chi connectivity index (χ0v) is 16.7. The summed E-state index contributed by atoms with van der Waals surface area (Å²) in [6.45, 7) is 4.75. The molecule has 1 aliphatic rings. The van der Waals surface area contributed by atoms with Crippen LogP contribution in [0, 0.1) is 6.92 Å². The number of aromatic nitrogens is 3. The summed E-state index contributed by atoms with van der Waals surface area (Å²) in [5.41, 5.74) is 2.07. The van der Waals surface area contributed by atoms with Crippen molar-refractivity contribution in [1.82, 2.24) is 19.5 Å². The van der Waals surface area contributed by atoms with Crippen LogP contribution in [0.15, 0.2) is 53.3 Å². The monoisotopic (exact) mass is 405 g/mol. The van der Waals surface area contributed by atoms with Crippen molar-refractivity contribution in [2.24, 2.45) is 0 Å². The van der Waals surface area contributed by atoms with Crippen molar-refractivity contribution < 1.29 is 4.79 Å². The Balaban J connectivity index is 1.40. The number of carbonyl (C=O) groups is 1. The lowest BCUT2D eigenvalue weighted by atomic mass is 10.1. The molecule has 5 rings (SSSR count). The van der Waals surface area contributed by atoms with Crippen LogP contribution < -0.4 is 10.5 Å². The van der Waals surface area contributed by atoms with Crippen LogP contribution in [-0.2, 0) is 0 Å². The van der Waals surface area contributed by atoms with Gasteiger partial charge in [0, 0.05) is 37.4 Å². The van der Waals surface area contributed by atoms with Gasteiger partial charge in [0.1, 0.15) is 5.01 Å². The fraction of sp³-hybridized carbons (Fsp3) is 0.238. The Morgan fingerprint density at radius 2 is 1.79 bits per heavy atom. The van der Waals surface area contributed by atoms with E-state index in [0.29, 0.717) is 34.5 Å². The Bertz CT molecular complexity index is 1270. The topological polar surface area (TPSA) is 70.8 Å². The van der Waals surface area contributed by atoms with E-state index in [1.54, 1.807) is 18.2 Å². The van der Waals surface area contributed by atoms with E-state index in [1.807, 2.05) is 30.0 Å². The van der Waals surface area contributed by atoms with Crippen LogP contribution in [0.5, 0.6) is 0 Å². The molecule has 1 amide bonds. The fourth-order valence-corrected chi connectivity index (χ4v) is 4.47. The number of para-hydroxylation sites is 1. The third-order valence-corrected chi connectivity index (χ3v) is 6.06. The minimum atomic E-state index is -0.204. The van der Waals surface area contributed by atoms with E-state index >= 15 is 0 Å². The van der Waals surface area contributed by atoms with E-state index in [9.17, 15) is 9.59 Å². The molecule has 3 heterocycles. The number of piperazine rings is 1. The Labute approximate surface area is 170 Å². The van der Waals surface area contributed by atoms with Gasteiger partial charge >= 0.3 is 0 Å². The summed E-state index contributed by atoms with van der Waals surface area (Å²) in [6.07, 6.45) is 0. The largest absolute Gasteiger partial charge is 0.368 e. The highest BCUT2D eigenvalue weighted by atomic mass is 32.1. The van der Waals surface area contributed by atoms with Crippen LogP contribution in [-0.4, -0.2) is 51.6 Å². The van der Waals surface area contributed by atoms with Gasteiger partial charge in [0.2, 0.25) is 4.96 Å². The molecule has 1 aliphatic heterocycles. The maximum Gasteiger partial charge on any atom is 0.283 e. The Kier molecular flexibility index (Phi) is 4.28. The zero-order chi connectivity index (χ0) is 20.0. The summed E-state index contributed by atoms with van der Waals surface area (Å²) in [5.74, 6) is -0.0258. The number of rotatable bonds is 2. The average Bonchev–Trinajstić information content (AvgIpc) is 3.14. The van der Waals surface area contributed by atoms with Gasteiger partial charge in [-0.15, -0.1) is 0 Å². The summed E-state index contributed by atoms with van der Waals surface area (Å²) in [5, 5.41) is 5.45. The van der Waals surface area contributed by atoms with Gasteiger partial charge in [0.05, 0.1) is 10.9 Å². The molecule has 0 spiro atoms. The number of anilines is 1. The maximum absolute atomic E-state index is 13.0. The predicted molar refractivity (Wildman–Crippen MR) is 114 cm³/mol. The highest BCUT2D eigenvalue weighted by Gasteiger charge is 2.23. The van der Waals surface area contributed by atoms with E-state index in [-0.39, 0.29) is 11.5 Å². The molecule has 8 heteroatoms. The summed E-state index contributed by atoms with van der Waals surface area (Å²) in [6, 6.07) is 15.3. The molecule has 0 bridgehead atoms. The lowest BCUT2D eigenvalue weighted by Crippen LogP contribution is -2.48. The lowest BCUT2D eigenvalue weighted by Gasteiger charge is -2.36. The molecule has 0 radical (unpaired) electrons. The van der Waals surface area contributed by atoms with Crippen LogP contribution in [0.2, 0.25) is 0 Å². The number of amides is 1. The van der Waals surface area contributed by atoms with Crippen LogP contribution in [0.3, 0.4) is 0 Å². The number of aryl methyl sites for hydroxylation is 1. The van der Waals surface area contributed by atoms with Crippen molar-refractivity contribution in [1.29, 1.82) is 0 Å². The van der Waals surface area contributed by atoms with Gasteiger partial charge in [-0.3, -0.25) is 9.59 Å². The van der Waals surface area contributed by atoms with E-state index in [4.69, 9.17) is 0 Å². The van der Waals surface area contributed by atoms with Gasteiger partial charge in [0.15, 0.2) is 0 Å². The number of hydrogen-bond donors (Lipinski definition) is 0. The van der Waals surface area contributed by atoms with Crippen LogP contribution in [0.4, 0.5) is 5.69 Å². The van der Waals surface area contributed by atoms with Crippen molar-refractivity contribution in [2.75, 3.05) is 31.1 Å². The molecular weight excluding hydrogens is 386 g/mol. The number of carbonyl (C=O) groups excluding carboxylic acids is 1. The van der Waals surface area contributed by atoms with Crippen LogP contribution in [0.1, 0.15) is 15.4 Å². The second kappa shape index (κ2) is 6.97. The molecule has 2 aromatic carbocycles. The predicted octanol–water partition coefficient (Wildman–Crippen LogP) is 2.58. The fourth-order valence-electron chi connectivity index (χ4n) is 3.73. The van der Waals surface area contributed by atoms with Crippen molar-refractivity contribution in [3.05, 3.63) is 69.5 Å². The third-order valence-electron chi connectivity index (χ3n) is 5.23.